The van der Waals surface area contributed by atoms with Crippen molar-refractivity contribution in [3.8, 4) is 0 Å². The molecule has 2 nitrogen and oxygen atoms in total. The molecule has 2 N–H and O–H groups in total. The summed E-state index contributed by atoms with van der Waals surface area (Å²) >= 11 is 0. The number of rotatable bonds is 2. The van der Waals surface area contributed by atoms with E-state index in [-0.39, 0.29) is 0 Å². The molecule has 0 aromatic carbocycles. The zero-order valence-corrected chi connectivity index (χ0v) is 7.71. The number of hydrogen-bond acceptors (Lipinski definition) is 2. The Hall–Kier alpha value is -0.0800. The van der Waals surface area contributed by atoms with E-state index < -0.39 is 0 Å². The average molecular weight is 156 g/mol. The Morgan fingerprint density at radius 1 is 1.45 bits per heavy atom. The van der Waals surface area contributed by atoms with Gasteiger partial charge in [-0.25, -0.2) is 0 Å². The van der Waals surface area contributed by atoms with Crippen molar-refractivity contribution in [2.45, 2.75) is 45.2 Å². The van der Waals surface area contributed by atoms with Gasteiger partial charge < -0.3 is 10.6 Å². The molecule has 1 aliphatic heterocycles. The van der Waals surface area contributed by atoms with Crippen molar-refractivity contribution in [1.29, 1.82) is 0 Å². The minimum absolute atomic E-state index is 0.468. The van der Waals surface area contributed by atoms with Crippen LogP contribution in [0.2, 0.25) is 0 Å². The molecule has 66 valence electrons. The molecule has 0 amide bonds. The first kappa shape index (κ1) is 9.01. The Labute approximate surface area is 69.8 Å². The first-order chi connectivity index (χ1) is 5.24. The van der Waals surface area contributed by atoms with E-state index in [0.29, 0.717) is 6.04 Å². The van der Waals surface area contributed by atoms with Crippen LogP contribution in [0.4, 0.5) is 0 Å². The van der Waals surface area contributed by atoms with Gasteiger partial charge in [-0.2, -0.15) is 0 Å². The van der Waals surface area contributed by atoms with Gasteiger partial charge in [0.05, 0.1) is 0 Å². The molecule has 11 heavy (non-hydrogen) atoms. The lowest BCUT2D eigenvalue weighted by Gasteiger charge is -2.34. The van der Waals surface area contributed by atoms with E-state index in [1.807, 2.05) is 0 Å². The Morgan fingerprint density at radius 3 is 2.45 bits per heavy atom. The van der Waals surface area contributed by atoms with E-state index >= 15 is 0 Å². The van der Waals surface area contributed by atoms with E-state index in [1.165, 1.54) is 32.4 Å². The van der Waals surface area contributed by atoms with E-state index in [2.05, 4.69) is 18.7 Å². The van der Waals surface area contributed by atoms with Crippen LogP contribution in [0.5, 0.6) is 0 Å². The zero-order chi connectivity index (χ0) is 8.27. The normalized spacial score (nSPS) is 25.4. The van der Waals surface area contributed by atoms with Gasteiger partial charge in [0.15, 0.2) is 0 Å². The first-order valence-corrected chi connectivity index (χ1v) is 4.73. The van der Waals surface area contributed by atoms with Crippen molar-refractivity contribution < 1.29 is 0 Å². The van der Waals surface area contributed by atoms with Crippen molar-refractivity contribution in [1.82, 2.24) is 4.90 Å². The van der Waals surface area contributed by atoms with Crippen LogP contribution in [0.15, 0.2) is 0 Å². The lowest BCUT2D eigenvalue weighted by Crippen LogP contribution is -2.43. The zero-order valence-electron chi connectivity index (χ0n) is 7.71. The van der Waals surface area contributed by atoms with Crippen molar-refractivity contribution in [2.75, 3.05) is 13.1 Å². The van der Waals surface area contributed by atoms with Gasteiger partial charge in [-0.15, -0.1) is 0 Å². The molecule has 1 atom stereocenters. The number of hydrogen-bond donors (Lipinski definition) is 1. The van der Waals surface area contributed by atoms with Crippen LogP contribution < -0.4 is 5.73 Å². The molecule has 0 radical (unpaired) electrons. The van der Waals surface area contributed by atoms with Gasteiger partial charge in [0.2, 0.25) is 0 Å². The minimum atomic E-state index is 0.468. The number of likely N-dealkylation sites (tertiary alicyclic amines) is 1. The van der Waals surface area contributed by atoms with Gasteiger partial charge >= 0.3 is 0 Å². The third kappa shape index (κ3) is 2.46. The second kappa shape index (κ2) is 4.07. The van der Waals surface area contributed by atoms with Crippen molar-refractivity contribution in [2.24, 2.45) is 5.73 Å². The van der Waals surface area contributed by atoms with Crippen LogP contribution in [-0.4, -0.2) is 30.1 Å². The van der Waals surface area contributed by atoms with Gasteiger partial charge in [0, 0.05) is 12.1 Å². The molecule has 0 bridgehead atoms. The monoisotopic (exact) mass is 156 g/mol. The molecule has 1 rings (SSSR count). The maximum Gasteiger partial charge on any atom is 0.00643 e. The van der Waals surface area contributed by atoms with Gasteiger partial charge in [0.1, 0.15) is 0 Å². The largest absolute Gasteiger partial charge is 0.328 e. The Bertz CT molecular complexity index is 106. The van der Waals surface area contributed by atoms with Crippen LogP contribution >= 0.6 is 0 Å². The summed E-state index contributed by atoms with van der Waals surface area (Å²) in [7, 11) is 0. The summed E-state index contributed by atoms with van der Waals surface area (Å²) in [6.07, 6.45) is 3.63. The highest BCUT2D eigenvalue weighted by atomic mass is 15.2. The molecule has 1 heterocycles. The molecular formula is C9H20N2. The van der Waals surface area contributed by atoms with Crippen LogP contribution in [-0.2, 0) is 0 Å². The number of nitrogens with zero attached hydrogens (tertiary/aromatic N) is 1. The lowest BCUT2D eigenvalue weighted by atomic mass is 10.0. The maximum absolute atomic E-state index is 5.81. The Kier molecular flexibility index (Phi) is 3.34. The highest BCUT2D eigenvalue weighted by Crippen LogP contribution is 2.12. The van der Waals surface area contributed by atoms with Gasteiger partial charge in [-0.05, 0) is 39.3 Å². The molecule has 0 aromatic heterocycles. The van der Waals surface area contributed by atoms with E-state index in [4.69, 9.17) is 5.73 Å². The summed E-state index contributed by atoms with van der Waals surface area (Å²) in [6.45, 7) is 6.96. The third-order valence-corrected chi connectivity index (χ3v) is 2.79. The second-order valence-corrected chi connectivity index (χ2v) is 3.63. The van der Waals surface area contributed by atoms with Crippen molar-refractivity contribution in [3.05, 3.63) is 0 Å². The van der Waals surface area contributed by atoms with Crippen molar-refractivity contribution in [3.63, 3.8) is 0 Å². The summed E-state index contributed by atoms with van der Waals surface area (Å²) in [5.74, 6) is 0. The quantitative estimate of drug-likeness (QED) is 0.651. The lowest BCUT2D eigenvalue weighted by molar-refractivity contribution is 0.159. The third-order valence-electron chi connectivity index (χ3n) is 2.79. The SMILES string of the molecule is CC[C@@H](C)N1CCC(N)CC1. The molecule has 0 unspecified atom stereocenters. The Morgan fingerprint density at radius 2 is 2.00 bits per heavy atom. The standard InChI is InChI=1S/C9H20N2/c1-3-8(2)11-6-4-9(10)5-7-11/h8-9H,3-7,10H2,1-2H3/t8-/m1/s1. The Balaban J connectivity index is 2.27. The van der Waals surface area contributed by atoms with Crippen molar-refractivity contribution >= 4 is 0 Å². The van der Waals surface area contributed by atoms with E-state index in [1.54, 1.807) is 0 Å². The highest BCUT2D eigenvalue weighted by Gasteiger charge is 2.18. The second-order valence-electron chi connectivity index (χ2n) is 3.63. The number of nitrogens with two attached hydrogens (primary N) is 1. The number of piperidine rings is 1. The molecule has 1 fully saturated rings. The van der Waals surface area contributed by atoms with E-state index in [9.17, 15) is 0 Å². The smallest absolute Gasteiger partial charge is 0.00643 e. The molecule has 1 aliphatic rings. The first-order valence-electron chi connectivity index (χ1n) is 4.73. The molecule has 0 spiro atoms. The molecule has 2 heteroatoms. The minimum Gasteiger partial charge on any atom is -0.328 e. The average Bonchev–Trinajstić information content (AvgIpc) is 2.05. The molecule has 0 aliphatic carbocycles. The fourth-order valence-corrected chi connectivity index (χ4v) is 1.62. The van der Waals surface area contributed by atoms with Gasteiger partial charge in [-0.3, -0.25) is 0 Å². The predicted molar refractivity (Wildman–Crippen MR) is 48.5 cm³/mol. The van der Waals surface area contributed by atoms with Crippen LogP contribution in [0.3, 0.4) is 0 Å². The van der Waals surface area contributed by atoms with Gasteiger partial charge in [-0.1, -0.05) is 6.92 Å². The predicted octanol–water partition coefficient (Wildman–Crippen LogP) is 1.21. The fourth-order valence-electron chi connectivity index (χ4n) is 1.62. The van der Waals surface area contributed by atoms with Crippen LogP contribution in [0.25, 0.3) is 0 Å². The maximum atomic E-state index is 5.81. The summed E-state index contributed by atoms with van der Waals surface area (Å²) in [6, 6.07) is 1.22. The highest BCUT2D eigenvalue weighted by molar-refractivity contribution is 4.76. The van der Waals surface area contributed by atoms with Crippen LogP contribution in [0.1, 0.15) is 33.1 Å². The van der Waals surface area contributed by atoms with E-state index in [0.717, 1.165) is 6.04 Å². The topological polar surface area (TPSA) is 29.3 Å². The summed E-state index contributed by atoms with van der Waals surface area (Å²) in [4.78, 5) is 2.54. The van der Waals surface area contributed by atoms with Crippen LogP contribution in [0, 0.1) is 0 Å². The van der Waals surface area contributed by atoms with Gasteiger partial charge in [0.25, 0.3) is 0 Å². The summed E-state index contributed by atoms with van der Waals surface area (Å²) in [5.41, 5.74) is 5.81. The fraction of sp³-hybridized carbons (Fsp3) is 1.00. The molecule has 1 saturated heterocycles. The molecule has 0 saturated carbocycles. The summed E-state index contributed by atoms with van der Waals surface area (Å²) < 4.78 is 0. The molecular weight excluding hydrogens is 136 g/mol. The summed E-state index contributed by atoms with van der Waals surface area (Å²) in [5, 5.41) is 0. The molecule has 0 aromatic rings.